The summed E-state index contributed by atoms with van der Waals surface area (Å²) in [6.45, 7) is 4.58. The number of nitrogens with one attached hydrogen (secondary N) is 1. The van der Waals surface area contributed by atoms with Crippen molar-refractivity contribution < 1.29 is 28.7 Å². The van der Waals surface area contributed by atoms with E-state index in [1.54, 1.807) is 24.3 Å². The van der Waals surface area contributed by atoms with Crippen LogP contribution in [0.15, 0.2) is 36.4 Å². The highest BCUT2D eigenvalue weighted by Crippen LogP contribution is 2.14. The molecule has 1 aromatic rings. The Kier molecular flexibility index (Phi) is 9.12. The first-order valence-corrected chi connectivity index (χ1v) is 10.3. The number of rotatable bonds is 13. The zero-order valence-corrected chi connectivity index (χ0v) is 17.8. The minimum Gasteiger partial charge on any atom is -0.463 e. The van der Waals surface area contributed by atoms with Crippen molar-refractivity contribution in [3.8, 4) is 0 Å². The lowest BCUT2D eigenvalue weighted by atomic mass is 9.94. The van der Waals surface area contributed by atoms with Crippen LogP contribution >= 0.6 is 0 Å². The highest BCUT2D eigenvalue weighted by Gasteiger charge is 2.25. The summed E-state index contributed by atoms with van der Waals surface area (Å²) in [5.74, 6) is -1.08. The molecule has 0 radical (unpaired) electrons. The molecule has 0 fully saturated rings. The molecule has 1 aromatic carbocycles. The standard InChI is InChI=1S/C23H28N2O6/c1-16(2)22(23(30)18-9-7-17(8-10-18)14-31-15-26)24-19(27)6-4-3-5-13-25-20(28)11-12-21(25)29/h7-12,15-16,22H,3-6,13-14H2,1-2H3,(H,24,27)/t22-/m0/s1. The number of imide groups is 1. The van der Waals surface area contributed by atoms with Crippen molar-refractivity contribution in [2.24, 2.45) is 5.92 Å². The van der Waals surface area contributed by atoms with Crippen molar-refractivity contribution in [3.05, 3.63) is 47.5 Å². The number of nitrogens with zero attached hydrogens (tertiary/aromatic N) is 1. The van der Waals surface area contributed by atoms with Gasteiger partial charge < -0.3 is 10.1 Å². The summed E-state index contributed by atoms with van der Waals surface area (Å²) in [7, 11) is 0. The monoisotopic (exact) mass is 428 g/mol. The maximum Gasteiger partial charge on any atom is 0.293 e. The van der Waals surface area contributed by atoms with E-state index < -0.39 is 6.04 Å². The Morgan fingerprint density at radius 2 is 1.68 bits per heavy atom. The molecule has 0 saturated carbocycles. The van der Waals surface area contributed by atoms with Gasteiger partial charge in [0.1, 0.15) is 6.61 Å². The van der Waals surface area contributed by atoms with Crippen molar-refractivity contribution >= 4 is 30.0 Å². The third-order valence-corrected chi connectivity index (χ3v) is 5.01. The molecule has 166 valence electrons. The van der Waals surface area contributed by atoms with E-state index in [1.807, 2.05) is 13.8 Å². The number of hydrogen-bond donors (Lipinski definition) is 1. The van der Waals surface area contributed by atoms with Crippen LogP contribution < -0.4 is 5.32 Å². The molecule has 8 heteroatoms. The molecule has 1 atom stereocenters. The summed E-state index contributed by atoms with van der Waals surface area (Å²) in [5.41, 5.74) is 1.24. The second-order valence-electron chi connectivity index (χ2n) is 7.73. The predicted octanol–water partition coefficient (Wildman–Crippen LogP) is 2.17. The van der Waals surface area contributed by atoms with Crippen LogP contribution in [0.3, 0.4) is 0 Å². The summed E-state index contributed by atoms with van der Waals surface area (Å²) in [5, 5.41) is 2.82. The van der Waals surface area contributed by atoms with Crippen LogP contribution in [-0.4, -0.2) is 47.5 Å². The van der Waals surface area contributed by atoms with Gasteiger partial charge in [-0.25, -0.2) is 0 Å². The Morgan fingerprint density at radius 3 is 2.26 bits per heavy atom. The summed E-state index contributed by atoms with van der Waals surface area (Å²) >= 11 is 0. The highest BCUT2D eigenvalue weighted by atomic mass is 16.5. The third kappa shape index (κ3) is 7.16. The van der Waals surface area contributed by atoms with Crippen LogP contribution in [0.1, 0.15) is 55.5 Å². The SMILES string of the molecule is CC(C)[C@H](NC(=O)CCCCCN1C(=O)C=CC1=O)C(=O)c1ccc(COC=O)cc1. The van der Waals surface area contributed by atoms with Gasteiger partial charge in [0.05, 0.1) is 6.04 Å². The van der Waals surface area contributed by atoms with E-state index in [2.05, 4.69) is 5.32 Å². The quantitative estimate of drug-likeness (QED) is 0.223. The summed E-state index contributed by atoms with van der Waals surface area (Å²) in [6, 6.07) is 6.09. The minimum atomic E-state index is -0.643. The van der Waals surface area contributed by atoms with Crippen molar-refractivity contribution in [2.45, 2.75) is 52.2 Å². The van der Waals surface area contributed by atoms with Crippen molar-refractivity contribution in [3.63, 3.8) is 0 Å². The lowest BCUT2D eigenvalue weighted by Crippen LogP contribution is -2.44. The molecule has 0 bridgehead atoms. The van der Waals surface area contributed by atoms with Crippen LogP contribution in [0, 0.1) is 5.92 Å². The fourth-order valence-electron chi connectivity index (χ4n) is 3.24. The fraction of sp³-hybridized carbons (Fsp3) is 0.435. The van der Waals surface area contributed by atoms with Crippen LogP contribution in [-0.2, 0) is 30.5 Å². The van der Waals surface area contributed by atoms with E-state index in [4.69, 9.17) is 4.74 Å². The normalized spacial score (nSPS) is 14.1. The number of ether oxygens (including phenoxy) is 1. The maximum atomic E-state index is 12.9. The van der Waals surface area contributed by atoms with Gasteiger partial charge in [-0.15, -0.1) is 0 Å². The lowest BCUT2D eigenvalue weighted by molar-refractivity contribution is -0.137. The largest absolute Gasteiger partial charge is 0.463 e. The van der Waals surface area contributed by atoms with Crippen LogP contribution in [0.4, 0.5) is 0 Å². The van der Waals surface area contributed by atoms with Gasteiger partial charge in [-0.3, -0.25) is 28.9 Å². The molecule has 1 aliphatic heterocycles. The molecular weight excluding hydrogens is 400 g/mol. The molecular formula is C23H28N2O6. The van der Waals surface area contributed by atoms with Gasteiger partial charge in [0, 0.05) is 30.7 Å². The van der Waals surface area contributed by atoms with Gasteiger partial charge in [0.25, 0.3) is 18.3 Å². The van der Waals surface area contributed by atoms with Crippen LogP contribution in [0.5, 0.6) is 0 Å². The van der Waals surface area contributed by atoms with Gasteiger partial charge >= 0.3 is 0 Å². The fourth-order valence-corrected chi connectivity index (χ4v) is 3.24. The zero-order chi connectivity index (χ0) is 22.8. The van der Waals surface area contributed by atoms with E-state index in [9.17, 15) is 24.0 Å². The molecule has 0 aromatic heterocycles. The number of carbonyl (C=O) groups is 5. The molecule has 0 unspecified atom stereocenters. The van der Waals surface area contributed by atoms with Gasteiger partial charge in [-0.05, 0) is 24.3 Å². The number of carbonyl (C=O) groups excluding carboxylic acids is 5. The third-order valence-electron chi connectivity index (χ3n) is 5.01. The van der Waals surface area contributed by atoms with Crippen LogP contribution in [0.25, 0.3) is 0 Å². The van der Waals surface area contributed by atoms with Gasteiger partial charge in [0.2, 0.25) is 5.91 Å². The first-order valence-electron chi connectivity index (χ1n) is 10.3. The molecule has 1 N–H and O–H groups in total. The van der Waals surface area contributed by atoms with Gasteiger partial charge in [0.15, 0.2) is 5.78 Å². The number of benzene rings is 1. The minimum absolute atomic E-state index is 0.0887. The molecule has 8 nitrogen and oxygen atoms in total. The average molecular weight is 428 g/mol. The second kappa shape index (κ2) is 11.8. The Hall–Kier alpha value is -3.29. The van der Waals surface area contributed by atoms with Crippen LogP contribution in [0.2, 0.25) is 0 Å². The van der Waals surface area contributed by atoms with E-state index in [-0.39, 0.29) is 42.5 Å². The number of ketones is 1. The summed E-state index contributed by atoms with van der Waals surface area (Å²) in [4.78, 5) is 59.6. The molecule has 2 rings (SSSR count). The molecule has 1 aliphatic rings. The van der Waals surface area contributed by atoms with E-state index in [0.717, 1.165) is 5.56 Å². The predicted molar refractivity (Wildman–Crippen MR) is 113 cm³/mol. The summed E-state index contributed by atoms with van der Waals surface area (Å²) in [6.07, 6.45) is 4.68. The molecule has 1 heterocycles. The average Bonchev–Trinajstić information content (AvgIpc) is 3.07. The second-order valence-corrected chi connectivity index (χ2v) is 7.73. The van der Waals surface area contributed by atoms with E-state index >= 15 is 0 Å². The van der Waals surface area contributed by atoms with Crippen molar-refractivity contribution in [1.29, 1.82) is 0 Å². The van der Waals surface area contributed by atoms with Gasteiger partial charge in [-0.1, -0.05) is 44.5 Å². The number of amides is 3. The Balaban J connectivity index is 1.78. The number of Topliss-reactive ketones (excluding diaryl/α,β-unsaturated/α-hetero) is 1. The highest BCUT2D eigenvalue weighted by molar-refractivity contribution is 6.12. The molecule has 0 saturated heterocycles. The zero-order valence-electron chi connectivity index (χ0n) is 17.8. The smallest absolute Gasteiger partial charge is 0.293 e. The molecule has 3 amide bonds. The Morgan fingerprint density at radius 1 is 1.03 bits per heavy atom. The first kappa shape index (κ1) is 24.0. The lowest BCUT2D eigenvalue weighted by Gasteiger charge is -2.21. The Labute approximate surface area is 181 Å². The summed E-state index contributed by atoms with van der Waals surface area (Å²) < 4.78 is 4.69. The molecule has 31 heavy (non-hydrogen) atoms. The topological polar surface area (TPSA) is 110 Å². The molecule has 0 spiro atoms. The van der Waals surface area contributed by atoms with Crippen molar-refractivity contribution in [2.75, 3.05) is 6.54 Å². The van der Waals surface area contributed by atoms with Gasteiger partial charge in [-0.2, -0.15) is 0 Å². The number of hydrogen-bond acceptors (Lipinski definition) is 6. The number of unbranched alkanes of at least 4 members (excludes halogenated alkanes) is 2. The van der Waals surface area contributed by atoms with E-state index in [0.29, 0.717) is 37.8 Å². The van der Waals surface area contributed by atoms with E-state index in [1.165, 1.54) is 17.1 Å². The van der Waals surface area contributed by atoms with Crippen molar-refractivity contribution in [1.82, 2.24) is 10.2 Å². The maximum absolute atomic E-state index is 12.9. The first-order chi connectivity index (χ1) is 14.8. The molecule has 0 aliphatic carbocycles. The Bertz CT molecular complexity index is 826.